The Balaban J connectivity index is 0.00000338. The molecule has 0 bridgehead atoms. The fourth-order valence-electron chi connectivity index (χ4n) is 3.05. The van der Waals surface area contributed by atoms with Crippen LogP contribution in [0.4, 0.5) is 0 Å². The first-order valence-corrected chi connectivity index (χ1v) is 10.5. The molecule has 2 atom stereocenters. The Morgan fingerprint density at radius 3 is 2.69 bits per heavy atom. The topological polar surface area (TPSA) is 78.5 Å². The molecule has 1 fully saturated rings. The fourth-order valence-corrected chi connectivity index (χ4v) is 4.60. The van der Waals surface area contributed by atoms with Crippen molar-refractivity contribution in [3.63, 3.8) is 0 Å². The maximum atomic E-state index is 12.9. The van der Waals surface area contributed by atoms with Crippen LogP contribution >= 0.6 is 12.4 Å². The minimum Gasteiger partial charge on any atom is -0.342 e. The Morgan fingerprint density at radius 2 is 2.04 bits per heavy atom. The molecule has 0 spiro atoms. The molecular weight excluding hydrogens is 374 g/mol. The van der Waals surface area contributed by atoms with Crippen molar-refractivity contribution in [2.75, 3.05) is 20.1 Å². The number of piperidine rings is 1. The first-order chi connectivity index (χ1) is 11.9. The summed E-state index contributed by atoms with van der Waals surface area (Å²) in [7, 11) is -2.05. The average Bonchev–Trinajstić information content (AvgIpc) is 2.61. The molecule has 0 saturated carbocycles. The molecule has 26 heavy (non-hydrogen) atoms. The van der Waals surface area contributed by atoms with Gasteiger partial charge < -0.3 is 10.2 Å². The highest BCUT2D eigenvalue weighted by atomic mass is 35.5. The van der Waals surface area contributed by atoms with Crippen molar-refractivity contribution < 1.29 is 13.2 Å². The van der Waals surface area contributed by atoms with E-state index in [1.165, 1.54) is 6.07 Å². The van der Waals surface area contributed by atoms with Gasteiger partial charge in [-0.25, -0.2) is 13.1 Å². The van der Waals surface area contributed by atoms with Gasteiger partial charge in [0.1, 0.15) is 0 Å². The van der Waals surface area contributed by atoms with Gasteiger partial charge in [0.2, 0.25) is 10.0 Å². The molecule has 0 aliphatic carbocycles. The average molecular weight is 404 g/mol. The molecule has 1 aromatic carbocycles. The largest absolute Gasteiger partial charge is 0.342 e. The summed E-state index contributed by atoms with van der Waals surface area (Å²) in [5.74, 6) is -0.260. The summed E-state index contributed by atoms with van der Waals surface area (Å²) in [5, 5.41) is 3.28. The van der Waals surface area contributed by atoms with Gasteiger partial charge in [0, 0.05) is 25.7 Å². The summed E-state index contributed by atoms with van der Waals surface area (Å²) in [6.45, 7) is 5.54. The van der Waals surface area contributed by atoms with Gasteiger partial charge in [0.25, 0.3) is 5.91 Å². The maximum Gasteiger partial charge on any atom is 0.254 e. The van der Waals surface area contributed by atoms with Gasteiger partial charge in [-0.15, -0.1) is 12.4 Å². The van der Waals surface area contributed by atoms with Crippen molar-refractivity contribution in [3.05, 3.63) is 29.8 Å². The zero-order valence-electron chi connectivity index (χ0n) is 15.7. The molecule has 6 nitrogen and oxygen atoms in total. The first-order valence-electron chi connectivity index (χ1n) is 8.97. The van der Waals surface area contributed by atoms with E-state index in [2.05, 4.69) is 17.0 Å². The predicted molar refractivity (Wildman–Crippen MR) is 106 cm³/mol. The third-order valence-electron chi connectivity index (χ3n) is 4.67. The molecule has 148 valence electrons. The van der Waals surface area contributed by atoms with E-state index in [1.54, 1.807) is 30.1 Å². The van der Waals surface area contributed by atoms with Gasteiger partial charge in [-0.3, -0.25) is 4.79 Å². The molecule has 0 radical (unpaired) electrons. The molecule has 2 rings (SSSR count). The van der Waals surface area contributed by atoms with Crippen molar-refractivity contribution in [1.29, 1.82) is 0 Å². The lowest BCUT2D eigenvalue weighted by Crippen LogP contribution is -2.52. The van der Waals surface area contributed by atoms with Crippen LogP contribution in [0.25, 0.3) is 0 Å². The van der Waals surface area contributed by atoms with Gasteiger partial charge in [-0.2, -0.15) is 0 Å². The number of carbonyl (C=O) groups is 1. The monoisotopic (exact) mass is 403 g/mol. The Bertz CT molecular complexity index is 697. The second kappa shape index (κ2) is 10.3. The second-order valence-electron chi connectivity index (χ2n) is 6.69. The Hall–Kier alpha value is -1.15. The van der Waals surface area contributed by atoms with Gasteiger partial charge in [0.15, 0.2) is 0 Å². The van der Waals surface area contributed by atoms with E-state index >= 15 is 0 Å². The smallest absolute Gasteiger partial charge is 0.254 e. The van der Waals surface area contributed by atoms with Crippen LogP contribution in [0.3, 0.4) is 0 Å². The lowest BCUT2D eigenvalue weighted by Gasteiger charge is -2.30. The molecule has 1 aliphatic heterocycles. The highest BCUT2D eigenvalue weighted by Gasteiger charge is 2.29. The van der Waals surface area contributed by atoms with E-state index in [1.807, 2.05) is 6.92 Å². The molecule has 1 heterocycles. The summed E-state index contributed by atoms with van der Waals surface area (Å²) in [5.41, 5.74) is 0.227. The van der Waals surface area contributed by atoms with Crippen LogP contribution in [-0.2, 0) is 10.0 Å². The van der Waals surface area contributed by atoms with Gasteiger partial charge in [-0.05, 0) is 44.9 Å². The number of hydrogen-bond acceptors (Lipinski definition) is 4. The van der Waals surface area contributed by atoms with E-state index in [9.17, 15) is 13.2 Å². The summed E-state index contributed by atoms with van der Waals surface area (Å²) in [6, 6.07) is 6.34. The Morgan fingerprint density at radius 1 is 1.35 bits per heavy atom. The number of nitrogens with zero attached hydrogens (tertiary/aromatic N) is 1. The van der Waals surface area contributed by atoms with Crippen molar-refractivity contribution in [2.45, 2.75) is 56.5 Å². The zero-order valence-corrected chi connectivity index (χ0v) is 17.3. The number of carbonyl (C=O) groups excluding carboxylic acids is 1. The number of rotatable bonds is 7. The van der Waals surface area contributed by atoms with Gasteiger partial charge in [-0.1, -0.05) is 25.5 Å². The molecule has 1 saturated heterocycles. The quantitative estimate of drug-likeness (QED) is 0.732. The number of hydrogen-bond donors (Lipinski definition) is 2. The van der Waals surface area contributed by atoms with Crippen molar-refractivity contribution in [2.24, 2.45) is 0 Å². The Labute approximate surface area is 163 Å². The van der Waals surface area contributed by atoms with Crippen molar-refractivity contribution in [1.82, 2.24) is 14.9 Å². The van der Waals surface area contributed by atoms with Crippen LogP contribution in [0, 0.1) is 0 Å². The van der Waals surface area contributed by atoms with E-state index in [4.69, 9.17) is 0 Å². The van der Waals surface area contributed by atoms with Crippen LogP contribution < -0.4 is 10.0 Å². The summed E-state index contributed by atoms with van der Waals surface area (Å²) < 4.78 is 28.6. The normalized spacial score (nSPS) is 20.3. The molecule has 8 heteroatoms. The third kappa shape index (κ3) is 5.67. The highest BCUT2D eigenvalue weighted by molar-refractivity contribution is 7.89. The predicted octanol–water partition coefficient (Wildman–Crippen LogP) is 2.40. The number of benzene rings is 1. The van der Waals surface area contributed by atoms with Gasteiger partial charge in [0.05, 0.1) is 10.5 Å². The molecule has 2 N–H and O–H groups in total. The highest BCUT2D eigenvalue weighted by Crippen LogP contribution is 2.19. The first kappa shape index (κ1) is 22.9. The second-order valence-corrected chi connectivity index (χ2v) is 8.37. The van der Waals surface area contributed by atoms with E-state index in [-0.39, 0.29) is 40.9 Å². The standard InChI is InChI=1S/C18H29N3O3S.ClH/c1-4-5-13-21(3)18(22)15-9-6-7-11-17(15)25(23,24)20-16-10-8-12-19-14(16)2;/h6-7,9,11,14,16,19-20H,4-5,8,10,12-13H2,1-3H3;1H. The van der Waals surface area contributed by atoms with Crippen molar-refractivity contribution >= 4 is 28.3 Å². The summed E-state index contributed by atoms with van der Waals surface area (Å²) in [4.78, 5) is 14.3. The van der Waals surface area contributed by atoms with E-state index in [0.717, 1.165) is 32.2 Å². The van der Waals surface area contributed by atoms with Crippen molar-refractivity contribution in [3.8, 4) is 0 Å². The van der Waals surface area contributed by atoms with Crippen LogP contribution in [-0.4, -0.2) is 51.4 Å². The Kier molecular flexibility index (Phi) is 9.03. The SMILES string of the molecule is CCCCN(C)C(=O)c1ccccc1S(=O)(=O)NC1CCCNC1C.Cl. The van der Waals surface area contributed by atoms with E-state index < -0.39 is 10.0 Å². The molecular formula is C18H30ClN3O3S. The summed E-state index contributed by atoms with van der Waals surface area (Å²) in [6.07, 6.45) is 3.59. The lowest BCUT2D eigenvalue weighted by molar-refractivity contribution is 0.0789. The van der Waals surface area contributed by atoms with Crippen LogP contribution in [0.5, 0.6) is 0 Å². The van der Waals surface area contributed by atoms with Gasteiger partial charge >= 0.3 is 0 Å². The molecule has 1 aromatic rings. The van der Waals surface area contributed by atoms with E-state index in [0.29, 0.717) is 6.54 Å². The summed E-state index contributed by atoms with van der Waals surface area (Å²) >= 11 is 0. The number of unbranched alkanes of at least 4 members (excludes halogenated alkanes) is 1. The number of halogens is 1. The molecule has 1 amide bonds. The minimum absolute atomic E-state index is 0. The molecule has 1 aliphatic rings. The zero-order chi connectivity index (χ0) is 18.4. The maximum absolute atomic E-state index is 12.9. The fraction of sp³-hybridized carbons (Fsp3) is 0.611. The third-order valence-corrected chi connectivity index (χ3v) is 6.22. The van der Waals surface area contributed by atoms with Crippen LogP contribution in [0.1, 0.15) is 49.9 Å². The number of amides is 1. The number of sulfonamides is 1. The minimum atomic E-state index is -3.76. The number of nitrogens with one attached hydrogen (secondary N) is 2. The van der Waals surface area contributed by atoms with Crippen LogP contribution in [0.2, 0.25) is 0 Å². The lowest BCUT2D eigenvalue weighted by atomic mass is 10.0. The van der Waals surface area contributed by atoms with Crippen LogP contribution in [0.15, 0.2) is 29.2 Å². The molecule has 0 aromatic heterocycles. The molecule has 2 unspecified atom stereocenters.